The van der Waals surface area contributed by atoms with Gasteiger partial charge in [-0.3, -0.25) is 0 Å². The lowest BCUT2D eigenvalue weighted by atomic mass is 10.1. The predicted molar refractivity (Wildman–Crippen MR) is 84.4 cm³/mol. The zero-order chi connectivity index (χ0) is 15.2. The fraction of sp³-hybridized carbons (Fsp3) is 0.562. The minimum atomic E-state index is -0.126. The van der Waals surface area contributed by atoms with Crippen LogP contribution >= 0.6 is 0 Å². The third-order valence-corrected chi connectivity index (χ3v) is 3.76. The highest BCUT2D eigenvalue weighted by molar-refractivity contribution is 5.89. The van der Waals surface area contributed by atoms with Crippen LogP contribution in [0, 0.1) is 0 Å². The van der Waals surface area contributed by atoms with Crippen LogP contribution in [0.4, 0.5) is 10.5 Å². The summed E-state index contributed by atoms with van der Waals surface area (Å²) in [7, 11) is 0. The summed E-state index contributed by atoms with van der Waals surface area (Å²) in [6.07, 6.45) is 2.07. The molecule has 0 saturated heterocycles. The maximum atomic E-state index is 12.2. The molecule has 21 heavy (non-hydrogen) atoms. The zero-order valence-electron chi connectivity index (χ0n) is 12.8. The van der Waals surface area contributed by atoms with E-state index in [0.29, 0.717) is 18.6 Å². The minimum absolute atomic E-state index is 0.00304. The number of nitrogens with zero attached hydrogens (tertiary/aromatic N) is 1. The SMILES string of the molecule is CCNC(C)c1ccc(NC(=O)N(CCO)C2CC2)cc1. The summed E-state index contributed by atoms with van der Waals surface area (Å²) in [5.74, 6) is 0. The number of amides is 2. The smallest absolute Gasteiger partial charge is 0.322 e. The topological polar surface area (TPSA) is 64.6 Å². The van der Waals surface area contributed by atoms with Crippen LogP contribution in [0.1, 0.15) is 38.3 Å². The van der Waals surface area contributed by atoms with Gasteiger partial charge in [0.2, 0.25) is 0 Å². The van der Waals surface area contributed by atoms with Crippen molar-refractivity contribution in [3.63, 3.8) is 0 Å². The molecule has 5 nitrogen and oxygen atoms in total. The maximum absolute atomic E-state index is 12.2. The Labute approximate surface area is 126 Å². The highest BCUT2D eigenvalue weighted by atomic mass is 16.3. The lowest BCUT2D eigenvalue weighted by Crippen LogP contribution is -2.38. The monoisotopic (exact) mass is 291 g/mol. The first kappa shape index (κ1) is 15.8. The highest BCUT2D eigenvalue weighted by Crippen LogP contribution is 2.27. The van der Waals surface area contributed by atoms with E-state index in [-0.39, 0.29) is 12.6 Å². The van der Waals surface area contributed by atoms with E-state index in [2.05, 4.69) is 24.5 Å². The van der Waals surface area contributed by atoms with E-state index < -0.39 is 0 Å². The molecule has 116 valence electrons. The van der Waals surface area contributed by atoms with Crippen LogP contribution in [-0.2, 0) is 0 Å². The van der Waals surface area contributed by atoms with Crippen LogP contribution in [0.2, 0.25) is 0 Å². The molecule has 3 N–H and O–H groups in total. The molecule has 2 rings (SSSR count). The Morgan fingerprint density at radius 2 is 2.05 bits per heavy atom. The van der Waals surface area contributed by atoms with Crippen LogP contribution in [-0.4, -0.2) is 41.8 Å². The summed E-state index contributed by atoms with van der Waals surface area (Å²) in [5.41, 5.74) is 1.99. The molecule has 0 aliphatic heterocycles. The molecule has 1 aromatic carbocycles. The first-order chi connectivity index (χ1) is 10.2. The van der Waals surface area contributed by atoms with Gasteiger partial charge in [-0.1, -0.05) is 19.1 Å². The maximum Gasteiger partial charge on any atom is 0.322 e. The summed E-state index contributed by atoms with van der Waals surface area (Å²) in [5, 5.41) is 15.3. The van der Waals surface area contributed by atoms with Gasteiger partial charge in [0.05, 0.1) is 6.61 Å². The van der Waals surface area contributed by atoms with Gasteiger partial charge in [-0.05, 0) is 44.0 Å². The predicted octanol–water partition coefficient (Wildman–Crippen LogP) is 2.35. The average Bonchev–Trinajstić information content (AvgIpc) is 3.30. The van der Waals surface area contributed by atoms with E-state index in [0.717, 1.165) is 25.1 Å². The number of carbonyl (C=O) groups is 1. The Bertz CT molecular complexity index is 457. The standard InChI is InChI=1S/C16H25N3O2/c1-3-17-12(2)13-4-6-14(7-5-13)18-16(21)19(10-11-20)15-8-9-15/h4-7,12,15,17,20H,3,8-11H2,1-2H3,(H,18,21). The number of benzene rings is 1. The number of carbonyl (C=O) groups excluding carboxylic acids is 1. The van der Waals surface area contributed by atoms with Gasteiger partial charge in [-0.25, -0.2) is 4.79 Å². The summed E-state index contributed by atoms with van der Waals surface area (Å²) >= 11 is 0. The minimum Gasteiger partial charge on any atom is -0.395 e. The van der Waals surface area contributed by atoms with Gasteiger partial charge in [0, 0.05) is 24.3 Å². The van der Waals surface area contributed by atoms with Crippen LogP contribution in [0.3, 0.4) is 0 Å². The summed E-state index contributed by atoms with van der Waals surface area (Å²) < 4.78 is 0. The second-order valence-corrected chi connectivity index (χ2v) is 5.48. The number of aliphatic hydroxyl groups excluding tert-OH is 1. The van der Waals surface area contributed by atoms with Gasteiger partial charge in [-0.15, -0.1) is 0 Å². The third kappa shape index (κ3) is 4.44. The fourth-order valence-corrected chi connectivity index (χ4v) is 2.42. The first-order valence-electron chi connectivity index (χ1n) is 7.67. The molecule has 2 amide bonds. The van der Waals surface area contributed by atoms with Crippen molar-refractivity contribution in [2.45, 2.75) is 38.8 Å². The van der Waals surface area contributed by atoms with Crippen molar-refractivity contribution in [3.05, 3.63) is 29.8 Å². The summed E-state index contributed by atoms with van der Waals surface area (Å²) in [6, 6.07) is 8.37. The van der Waals surface area contributed by atoms with Gasteiger partial charge in [0.1, 0.15) is 0 Å². The number of anilines is 1. The number of hydrogen-bond donors (Lipinski definition) is 3. The normalized spacial score (nSPS) is 15.6. The summed E-state index contributed by atoms with van der Waals surface area (Å²) in [6.45, 7) is 5.53. The average molecular weight is 291 g/mol. The van der Waals surface area contributed by atoms with Crippen molar-refractivity contribution in [3.8, 4) is 0 Å². The van der Waals surface area contributed by atoms with Crippen molar-refractivity contribution in [1.29, 1.82) is 0 Å². The van der Waals surface area contributed by atoms with Crippen molar-refractivity contribution >= 4 is 11.7 Å². The van der Waals surface area contributed by atoms with E-state index in [1.807, 2.05) is 24.3 Å². The Balaban J connectivity index is 1.94. The lowest BCUT2D eigenvalue weighted by molar-refractivity contribution is 0.185. The molecular formula is C16H25N3O2. The summed E-state index contributed by atoms with van der Waals surface area (Å²) in [4.78, 5) is 13.9. The lowest BCUT2D eigenvalue weighted by Gasteiger charge is -2.22. The van der Waals surface area contributed by atoms with Crippen LogP contribution in [0.5, 0.6) is 0 Å². The molecule has 0 aromatic heterocycles. The van der Waals surface area contributed by atoms with E-state index >= 15 is 0 Å². The molecular weight excluding hydrogens is 266 g/mol. The van der Waals surface area contributed by atoms with Crippen LogP contribution in [0.25, 0.3) is 0 Å². The van der Waals surface area contributed by atoms with Crippen molar-refractivity contribution in [2.75, 3.05) is 25.0 Å². The molecule has 0 heterocycles. The molecule has 1 aromatic rings. The third-order valence-electron chi connectivity index (χ3n) is 3.76. The van der Waals surface area contributed by atoms with E-state index in [1.54, 1.807) is 4.90 Å². The molecule has 1 atom stereocenters. The number of nitrogens with one attached hydrogen (secondary N) is 2. The number of rotatable bonds is 7. The van der Waals surface area contributed by atoms with Crippen LogP contribution < -0.4 is 10.6 Å². The molecule has 1 fully saturated rings. The fourth-order valence-electron chi connectivity index (χ4n) is 2.42. The Morgan fingerprint density at radius 1 is 1.38 bits per heavy atom. The Kier molecular flexibility index (Phi) is 5.59. The molecule has 0 radical (unpaired) electrons. The van der Waals surface area contributed by atoms with Gasteiger partial charge < -0.3 is 20.6 Å². The Morgan fingerprint density at radius 3 is 2.57 bits per heavy atom. The van der Waals surface area contributed by atoms with E-state index in [4.69, 9.17) is 5.11 Å². The van der Waals surface area contributed by atoms with Gasteiger partial charge in [0.15, 0.2) is 0 Å². The quantitative estimate of drug-likeness (QED) is 0.722. The largest absolute Gasteiger partial charge is 0.395 e. The Hall–Kier alpha value is -1.59. The molecule has 1 aliphatic rings. The second kappa shape index (κ2) is 7.43. The van der Waals surface area contributed by atoms with Gasteiger partial charge in [0.25, 0.3) is 0 Å². The second-order valence-electron chi connectivity index (χ2n) is 5.48. The molecule has 0 spiro atoms. The van der Waals surface area contributed by atoms with Gasteiger partial charge in [-0.2, -0.15) is 0 Å². The number of hydrogen-bond acceptors (Lipinski definition) is 3. The number of urea groups is 1. The van der Waals surface area contributed by atoms with Crippen molar-refractivity contribution < 1.29 is 9.90 Å². The molecule has 5 heteroatoms. The molecule has 1 saturated carbocycles. The van der Waals surface area contributed by atoms with Crippen molar-refractivity contribution in [2.24, 2.45) is 0 Å². The number of aliphatic hydroxyl groups is 1. The highest BCUT2D eigenvalue weighted by Gasteiger charge is 2.32. The van der Waals surface area contributed by atoms with Crippen molar-refractivity contribution in [1.82, 2.24) is 10.2 Å². The molecule has 0 bridgehead atoms. The first-order valence-corrected chi connectivity index (χ1v) is 7.67. The van der Waals surface area contributed by atoms with E-state index in [9.17, 15) is 4.79 Å². The van der Waals surface area contributed by atoms with E-state index in [1.165, 1.54) is 5.56 Å². The van der Waals surface area contributed by atoms with Crippen LogP contribution in [0.15, 0.2) is 24.3 Å². The van der Waals surface area contributed by atoms with Gasteiger partial charge >= 0.3 is 6.03 Å². The molecule has 1 aliphatic carbocycles. The molecule has 1 unspecified atom stereocenters. The zero-order valence-corrected chi connectivity index (χ0v) is 12.8.